The molecule has 0 aliphatic heterocycles. The third kappa shape index (κ3) is 5.11. The Morgan fingerprint density at radius 3 is 2.57 bits per heavy atom. The molecule has 0 fully saturated rings. The molecule has 0 spiro atoms. The first-order valence-corrected chi connectivity index (χ1v) is 5.80. The highest BCUT2D eigenvalue weighted by Crippen LogP contribution is 2.05. The number of methoxy groups -OCH3 is 1. The molecule has 82 valence electrons. The highest BCUT2D eigenvalue weighted by Gasteiger charge is 2.19. The van der Waals surface area contributed by atoms with Gasteiger partial charge >= 0.3 is 5.97 Å². The van der Waals surface area contributed by atoms with Gasteiger partial charge in [-0.05, 0) is 12.7 Å². The largest absolute Gasteiger partial charge is 0.467 e. The molecule has 0 saturated carbocycles. The first kappa shape index (κ1) is 13.3. The molecule has 0 rings (SSSR count). The molecule has 0 saturated heterocycles. The quantitative estimate of drug-likeness (QED) is 0.716. The number of unbranched alkanes of at least 4 members (excludes halogenated alkanes) is 1. The molecule has 1 unspecified atom stereocenters. The highest BCUT2D eigenvalue weighted by atomic mass is 32.2. The van der Waals surface area contributed by atoms with E-state index in [9.17, 15) is 9.59 Å². The van der Waals surface area contributed by atoms with Crippen molar-refractivity contribution in [2.75, 3.05) is 13.4 Å². The number of ether oxygens (including phenoxy) is 1. The Hall–Kier alpha value is -0.710. The van der Waals surface area contributed by atoms with Crippen molar-refractivity contribution >= 4 is 23.0 Å². The lowest BCUT2D eigenvalue weighted by Gasteiger charge is -2.14. The van der Waals surface area contributed by atoms with Gasteiger partial charge in [0.2, 0.25) is 0 Å². The van der Waals surface area contributed by atoms with Gasteiger partial charge in [0.05, 0.1) is 7.11 Å². The second kappa shape index (κ2) is 7.67. The molecule has 1 N–H and O–H groups in total. The first-order valence-electron chi connectivity index (χ1n) is 4.58. The van der Waals surface area contributed by atoms with Crippen molar-refractivity contribution in [1.82, 2.24) is 5.32 Å². The lowest BCUT2D eigenvalue weighted by atomic mass is 10.1. The Balaban J connectivity index is 4.09. The summed E-state index contributed by atoms with van der Waals surface area (Å²) in [7, 11) is 1.33. The minimum Gasteiger partial charge on any atom is -0.467 e. The number of carbonyl (C=O) groups is 2. The van der Waals surface area contributed by atoms with Gasteiger partial charge in [-0.3, -0.25) is 4.79 Å². The third-order valence-corrected chi connectivity index (χ3v) is 2.30. The molecule has 5 heteroatoms. The van der Waals surface area contributed by atoms with E-state index in [1.165, 1.54) is 7.11 Å². The molecule has 14 heavy (non-hydrogen) atoms. The topological polar surface area (TPSA) is 55.4 Å². The molecular weight excluding hydrogens is 202 g/mol. The van der Waals surface area contributed by atoms with Crippen LogP contribution in [0.2, 0.25) is 0 Å². The molecule has 0 aromatic heterocycles. The van der Waals surface area contributed by atoms with Crippen molar-refractivity contribution in [2.45, 2.75) is 32.2 Å². The smallest absolute Gasteiger partial charge is 0.328 e. The van der Waals surface area contributed by atoms with Crippen molar-refractivity contribution in [3.63, 3.8) is 0 Å². The predicted molar refractivity (Wildman–Crippen MR) is 57.4 cm³/mol. The van der Waals surface area contributed by atoms with E-state index in [0.29, 0.717) is 6.42 Å². The number of hydrogen-bond donors (Lipinski definition) is 1. The van der Waals surface area contributed by atoms with Crippen LogP contribution in [0.25, 0.3) is 0 Å². The van der Waals surface area contributed by atoms with Gasteiger partial charge in [0.25, 0.3) is 5.24 Å². The maximum Gasteiger partial charge on any atom is 0.328 e. The zero-order valence-corrected chi connectivity index (χ0v) is 9.65. The summed E-state index contributed by atoms with van der Waals surface area (Å²) in [4.78, 5) is 22.3. The summed E-state index contributed by atoms with van der Waals surface area (Å²) in [6.45, 7) is 2.03. The van der Waals surface area contributed by atoms with Crippen LogP contribution >= 0.6 is 11.8 Å². The van der Waals surface area contributed by atoms with E-state index < -0.39 is 6.04 Å². The predicted octanol–water partition coefficient (Wildman–Crippen LogP) is 1.79. The van der Waals surface area contributed by atoms with Crippen molar-refractivity contribution in [2.24, 2.45) is 0 Å². The Morgan fingerprint density at radius 1 is 1.50 bits per heavy atom. The fourth-order valence-corrected chi connectivity index (χ4v) is 1.26. The number of nitrogens with one attached hydrogen (secondary N) is 1. The second-order valence-electron chi connectivity index (χ2n) is 2.85. The van der Waals surface area contributed by atoms with Crippen LogP contribution in [-0.4, -0.2) is 30.6 Å². The van der Waals surface area contributed by atoms with Gasteiger partial charge in [0.15, 0.2) is 0 Å². The van der Waals surface area contributed by atoms with E-state index in [4.69, 9.17) is 0 Å². The minimum atomic E-state index is -0.500. The average Bonchev–Trinajstić information content (AvgIpc) is 2.22. The fraction of sp³-hybridized carbons (Fsp3) is 0.778. The standard InChI is InChI=1S/C9H17NO3S/c1-4-5-6-7(8(11)13-2)10-9(12)14-3/h7H,4-6H2,1-3H3,(H,10,12). The van der Waals surface area contributed by atoms with Crippen LogP contribution in [-0.2, 0) is 9.53 Å². The summed E-state index contributed by atoms with van der Waals surface area (Å²) in [6, 6.07) is -0.500. The summed E-state index contributed by atoms with van der Waals surface area (Å²) in [5.41, 5.74) is 0. The molecule has 0 bridgehead atoms. The average molecular weight is 219 g/mol. The van der Waals surface area contributed by atoms with Gasteiger partial charge in [-0.2, -0.15) is 0 Å². The lowest BCUT2D eigenvalue weighted by Crippen LogP contribution is -2.39. The van der Waals surface area contributed by atoms with Crippen molar-refractivity contribution in [1.29, 1.82) is 0 Å². The highest BCUT2D eigenvalue weighted by molar-refractivity contribution is 8.12. The number of carbonyl (C=O) groups excluding carboxylic acids is 2. The van der Waals surface area contributed by atoms with Crippen LogP contribution in [0.4, 0.5) is 4.79 Å². The van der Waals surface area contributed by atoms with E-state index in [2.05, 4.69) is 10.1 Å². The Kier molecular flexibility index (Phi) is 7.28. The summed E-state index contributed by atoms with van der Waals surface area (Å²) in [5, 5.41) is 2.40. The monoisotopic (exact) mass is 219 g/mol. The third-order valence-electron chi connectivity index (χ3n) is 1.81. The van der Waals surface area contributed by atoms with E-state index in [-0.39, 0.29) is 11.2 Å². The molecule has 0 aromatic carbocycles. The van der Waals surface area contributed by atoms with Gasteiger partial charge in [0.1, 0.15) is 6.04 Å². The van der Waals surface area contributed by atoms with E-state index >= 15 is 0 Å². The molecule has 1 amide bonds. The summed E-state index contributed by atoms with van der Waals surface area (Å²) in [6.07, 6.45) is 4.19. The lowest BCUT2D eigenvalue weighted by molar-refractivity contribution is -0.142. The summed E-state index contributed by atoms with van der Waals surface area (Å²) in [5.74, 6) is -0.374. The van der Waals surface area contributed by atoms with Gasteiger partial charge < -0.3 is 10.1 Å². The molecule has 1 atom stereocenters. The molecule has 4 nitrogen and oxygen atoms in total. The molecule has 0 aliphatic carbocycles. The Morgan fingerprint density at radius 2 is 2.14 bits per heavy atom. The summed E-state index contributed by atoms with van der Waals surface area (Å²) >= 11 is 1.06. The van der Waals surface area contributed by atoms with Gasteiger partial charge in [-0.15, -0.1) is 0 Å². The zero-order valence-electron chi connectivity index (χ0n) is 8.83. The van der Waals surface area contributed by atoms with E-state index in [0.717, 1.165) is 24.6 Å². The first-order chi connectivity index (χ1) is 6.65. The van der Waals surface area contributed by atoms with Crippen LogP contribution in [0, 0.1) is 0 Å². The number of hydrogen-bond acceptors (Lipinski definition) is 4. The maximum absolute atomic E-state index is 11.2. The maximum atomic E-state index is 11.2. The molecule has 0 aromatic rings. The van der Waals surface area contributed by atoms with Gasteiger partial charge in [-0.25, -0.2) is 4.79 Å². The fourth-order valence-electron chi connectivity index (χ4n) is 1.00. The summed E-state index contributed by atoms with van der Waals surface area (Å²) < 4.78 is 4.59. The number of amides is 1. The second-order valence-corrected chi connectivity index (χ2v) is 3.63. The van der Waals surface area contributed by atoms with Crippen LogP contribution < -0.4 is 5.32 Å². The zero-order chi connectivity index (χ0) is 11.0. The van der Waals surface area contributed by atoms with Crippen molar-refractivity contribution in [3.8, 4) is 0 Å². The van der Waals surface area contributed by atoms with Gasteiger partial charge in [-0.1, -0.05) is 31.5 Å². The van der Waals surface area contributed by atoms with E-state index in [1.54, 1.807) is 6.26 Å². The number of rotatable bonds is 5. The van der Waals surface area contributed by atoms with Crippen LogP contribution in [0.3, 0.4) is 0 Å². The minimum absolute atomic E-state index is 0.198. The van der Waals surface area contributed by atoms with Crippen molar-refractivity contribution in [3.05, 3.63) is 0 Å². The molecule has 0 heterocycles. The van der Waals surface area contributed by atoms with Gasteiger partial charge in [0, 0.05) is 0 Å². The molecule has 0 radical (unpaired) electrons. The van der Waals surface area contributed by atoms with Crippen LogP contribution in [0.15, 0.2) is 0 Å². The number of thioether (sulfide) groups is 1. The SMILES string of the molecule is CCCCC(NC(=O)SC)C(=O)OC. The normalized spacial score (nSPS) is 11.9. The van der Waals surface area contributed by atoms with Crippen LogP contribution in [0.5, 0.6) is 0 Å². The Labute approximate surface area is 88.8 Å². The molecule has 0 aliphatic rings. The van der Waals surface area contributed by atoms with E-state index in [1.807, 2.05) is 6.92 Å². The van der Waals surface area contributed by atoms with Crippen molar-refractivity contribution < 1.29 is 14.3 Å². The van der Waals surface area contributed by atoms with Crippen LogP contribution in [0.1, 0.15) is 26.2 Å². The molecular formula is C9H17NO3S. The Bertz CT molecular complexity index is 196. The number of esters is 1.